The Balaban J connectivity index is 1.77. The molecule has 0 fully saturated rings. The number of hydrogen-bond acceptors (Lipinski definition) is 4. The molecule has 0 amide bonds. The number of ether oxygens (including phenoxy) is 1. The monoisotopic (exact) mass is 330 g/mol. The summed E-state index contributed by atoms with van der Waals surface area (Å²) in [5, 5.41) is 12.1. The van der Waals surface area contributed by atoms with Gasteiger partial charge in [0, 0.05) is 10.6 Å². The van der Waals surface area contributed by atoms with Crippen molar-refractivity contribution >= 4 is 17.8 Å². The predicted octanol–water partition coefficient (Wildman–Crippen LogP) is 3.53. The molecule has 3 rings (SSSR count). The van der Waals surface area contributed by atoms with Crippen LogP contribution in [0.1, 0.15) is 11.1 Å². The summed E-state index contributed by atoms with van der Waals surface area (Å²) < 4.78 is 20.1. The second kappa shape index (κ2) is 7.02. The van der Waals surface area contributed by atoms with E-state index in [9.17, 15) is 4.39 Å². The van der Waals surface area contributed by atoms with E-state index in [1.54, 1.807) is 36.5 Å². The standard InChI is InChI=1S/C16H12ClFN4O/c17-14-3-6-16(23-9-12-1-4-15(18)5-2-12)13(7-14)8-21-22-10-19-20-11-22/h1-8,10-11H,9H2. The fourth-order valence-corrected chi connectivity index (χ4v) is 2.06. The van der Waals surface area contributed by atoms with Crippen LogP contribution in [0.3, 0.4) is 0 Å². The molecule has 0 spiro atoms. The van der Waals surface area contributed by atoms with E-state index in [0.717, 1.165) is 5.56 Å². The minimum atomic E-state index is -0.276. The molecule has 3 aromatic rings. The normalized spacial score (nSPS) is 11.0. The fraction of sp³-hybridized carbons (Fsp3) is 0.0625. The summed E-state index contributed by atoms with van der Waals surface area (Å²) in [6.07, 6.45) is 4.55. The zero-order chi connectivity index (χ0) is 16.1. The maximum Gasteiger partial charge on any atom is 0.141 e. The third-order valence-electron chi connectivity index (χ3n) is 3.02. The van der Waals surface area contributed by atoms with Crippen LogP contribution in [0.5, 0.6) is 5.75 Å². The van der Waals surface area contributed by atoms with Crippen LogP contribution in [0, 0.1) is 5.82 Å². The Morgan fingerprint density at radius 2 is 1.87 bits per heavy atom. The van der Waals surface area contributed by atoms with Crippen molar-refractivity contribution in [2.45, 2.75) is 6.61 Å². The summed E-state index contributed by atoms with van der Waals surface area (Å²) in [6.45, 7) is 0.315. The van der Waals surface area contributed by atoms with Gasteiger partial charge in [-0.25, -0.2) is 9.07 Å². The van der Waals surface area contributed by atoms with Crippen LogP contribution in [-0.2, 0) is 6.61 Å². The molecule has 1 aromatic heterocycles. The topological polar surface area (TPSA) is 52.3 Å². The van der Waals surface area contributed by atoms with Crippen molar-refractivity contribution in [3.63, 3.8) is 0 Å². The number of halogens is 2. The average Bonchev–Trinajstić information content (AvgIpc) is 3.07. The summed E-state index contributed by atoms with van der Waals surface area (Å²) in [5.41, 5.74) is 1.58. The van der Waals surface area contributed by atoms with Gasteiger partial charge < -0.3 is 4.74 Å². The molecule has 23 heavy (non-hydrogen) atoms. The second-order valence-electron chi connectivity index (χ2n) is 4.68. The van der Waals surface area contributed by atoms with E-state index in [4.69, 9.17) is 16.3 Å². The lowest BCUT2D eigenvalue weighted by molar-refractivity contribution is 0.305. The molecule has 0 aliphatic heterocycles. The highest BCUT2D eigenvalue weighted by Gasteiger charge is 2.04. The number of aromatic nitrogens is 3. The lowest BCUT2D eigenvalue weighted by atomic mass is 10.2. The van der Waals surface area contributed by atoms with Crippen molar-refractivity contribution in [3.8, 4) is 5.75 Å². The summed E-state index contributed by atoms with van der Waals surface area (Å²) in [5.74, 6) is 0.345. The highest BCUT2D eigenvalue weighted by atomic mass is 35.5. The third-order valence-corrected chi connectivity index (χ3v) is 3.25. The molecule has 0 unspecified atom stereocenters. The Hall–Kier alpha value is -2.73. The molecule has 0 bridgehead atoms. The van der Waals surface area contributed by atoms with Gasteiger partial charge in [-0.2, -0.15) is 5.10 Å². The summed E-state index contributed by atoms with van der Waals surface area (Å²) >= 11 is 6.02. The van der Waals surface area contributed by atoms with E-state index in [1.807, 2.05) is 0 Å². The van der Waals surface area contributed by atoms with Crippen LogP contribution in [-0.4, -0.2) is 21.1 Å². The average molecular weight is 331 g/mol. The van der Waals surface area contributed by atoms with Crippen molar-refractivity contribution in [2.75, 3.05) is 0 Å². The van der Waals surface area contributed by atoms with Crippen molar-refractivity contribution in [1.29, 1.82) is 0 Å². The molecular weight excluding hydrogens is 319 g/mol. The zero-order valence-corrected chi connectivity index (χ0v) is 12.7. The molecule has 1 heterocycles. The van der Waals surface area contributed by atoms with Gasteiger partial charge >= 0.3 is 0 Å². The van der Waals surface area contributed by atoms with E-state index >= 15 is 0 Å². The first kappa shape index (κ1) is 15.2. The SMILES string of the molecule is Fc1ccc(COc2ccc(Cl)cc2C=Nn2cnnc2)cc1. The minimum absolute atomic E-state index is 0.276. The molecule has 2 aromatic carbocycles. The molecule has 0 radical (unpaired) electrons. The molecule has 5 nitrogen and oxygen atoms in total. The van der Waals surface area contributed by atoms with Gasteiger partial charge in [-0.1, -0.05) is 23.7 Å². The van der Waals surface area contributed by atoms with Gasteiger partial charge in [0.15, 0.2) is 0 Å². The van der Waals surface area contributed by atoms with Gasteiger partial charge in [-0.15, -0.1) is 10.2 Å². The smallest absolute Gasteiger partial charge is 0.141 e. The van der Waals surface area contributed by atoms with Gasteiger partial charge in [0.25, 0.3) is 0 Å². The quantitative estimate of drug-likeness (QED) is 0.672. The Morgan fingerprint density at radius 1 is 1.13 bits per heavy atom. The Labute approximate surface area is 137 Å². The molecule has 116 valence electrons. The van der Waals surface area contributed by atoms with Gasteiger partial charge in [-0.3, -0.25) is 0 Å². The van der Waals surface area contributed by atoms with Crippen LogP contribution in [0.2, 0.25) is 5.02 Å². The van der Waals surface area contributed by atoms with Gasteiger partial charge in [0.05, 0.1) is 6.21 Å². The van der Waals surface area contributed by atoms with Gasteiger partial charge in [0.1, 0.15) is 30.8 Å². The van der Waals surface area contributed by atoms with Crippen LogP contribution >= 0.6 is 11.6 Å². The largest absolute Gasteiger partial charge is 0.488 e. The van der Waals surface area contributed by atoms with Crippen molar-refractivity contribution in [3.05, 3.63) is 77.1 Å². The number of rotatable bonds is 5. The molecule has 0 saturated carbocycles. The molecule has 0 N–H and O–H groups in total. The van der Waals surface area contributed by atoms with Gasteiger partial charge in [0.2, 0.25) is 0 Å². The zero-order valence-electron chi connectivity index (χ0n) is 11.9. The van der Waals surface area contributed by atoms with Crippen LogP contribution in [0.4, 0.5) is 4.39 Å². The fourth-order valence-electron chi connectivity index (χ4n) is 1.88. The number of benzene rings is 2. The summed E-state index contributed by atoms with van der Waals surface area (Å²) in [6, 6.07) is 11.4. The molecule has 0 aliphatic carbocycles. The third kappa shape index (κ3) is 4.14. The number of nitrogens with zero attached hydrogens (tertiary/aromatic N) is 4. The molecule has 0 atom stereocenters. The van der Waals surface area contributed by atoms with Crippen LogP contribution in [0.15, 0.2) is 60.2 Å². The van der Waals surface area contributed by atoms with E-state index in [-0.39, 0.29) is 5.82 Å². The molecular formula is C16H12ClFN4O. The lowest BCUT2D eigenvalue weighted by Crippen LogP contribution is -1.99. The Bertz CT molecular complexity index is 803. The maximum absolute atomic E-state index is 12.9. The minimum Gasteiger partial charge on any atom is -0.488 e. The Morgan fingerprint density at radius 3 is 2.61 bits per heavy atom. The second-order valence-corrected chi connectivity index (χ2v) is 5.12. The van der Waals surface area contributed by atoms with Crippen molar-refractivity contribution in [2.24, 2.45) is 5.10 Å². The van der Waals surface area contributed by atoms with E-state index in [0.29, 0.717) is 22.9 Å². The first-order valence-electron chi connectivity index (χ1n) is 6.76. The predicted molar refractivity (Wildman–Crippen MR) is 85.2 cm³/mol. The van der Waals surface area contributed by atoms with Gasteiger partial charge in [-0.05, 0) is 35.9 Å². The van der Waals surface area contributed by atoms with Crippen LogP contribution < -0.4 is 4.74 Å². The van der Waals surface area contributed by atoms with Crippen molar-refractivity contribution in [1.82, 2.24) is 14.9 Å². The lowest BCUT2D eigenvalue weighted by Gasteiger charge is -2.09. The first-order valence-corrected chi connectivity index (χ1v) is 7.14. The molecule has 0 aliphatic rings. The first-order chi connectivity index (χ1) is 11.2. The highest BCUT2D eigenvalue weighted by Crippen LogP contribution is 2.22. The summed E-state index contributed by atoms with van der Waals surface area (Å²) in [4.78, 5) is 0. The molecule has 0 saturated heterocycles. The van der Waals surface area contributed by atoms with E-state index in [2.05, 4.69) is 15.3 Å². The van der Waals surface area contributed by atoms with Crippen LogP contribution in [0.25, 0.3) is 0 Å². The van der Waals surface area contributed by atoms with E-state index in [1.165, 1.54) is 29.5 Å². The number of hydrogen-bond donors (Lipinski definition) is 0. The highest BCUT2D eigenvalue weighted by molar-refractivity contribution is 6.30. The van der Waals surface area contributed by atoms with E-state index < -0.39 is 0 Å². The molecule has 7 heteroatoms. The summed E-state index contributed by atoms with van der Waals surface area (Å²) in [7, 11) is 0. The maximum atomic E-state index is 12.9. The Kier molecular flexibility index (Phi) is 4.63. The van der Waals surface area contributed by atoms with Crippen molar-refractivity contribution < 1.29 is 9.13 Å².